The molecule has 3 rings (SSSR count). The van der Waals surface area contributed by atoms with Crippen molar-refractivity contribution in [2.45, 2.75) is 0 Å². The summed E-state index contributed by atoms with van der Waals surface area (Å²) in [5.74, 6) is 0.271. The number of aromatic nitrogens is 1. The van der Waals surface area contributed by atoms with Crippen molar-refractivity contribution in [3.63, 3.8) is 0 Å². The Labute approximate surface area is 129 Å². The molecule has 2 N–H and O–H groups in total. The summed E-state index contributed by atoms with van der Waals surface area (Å²) in [6, 6.07) is 13.5. The fourth-order valence-corrected chi connectivity index (χ4v) is 1.99. The first-order valence-electron chi connectivity index (χ1n) is 7.03. The van der Waals surface area contributed by atoms with Gasteiger partial charge in [0.1, 0.15) is 5.82 Å². The van der Waals surface area contributed by atoms with Crippen molar-refractivity contribution in [3.05, 3.63) is 54.5 Å². The van der Waals surface area contributed by atoms with Gasteiger partial charge in [0, 0.05) is 13.1 Å². The Morgan fingerprint density at radius 1 is 1.00 bits per heavy atom. The molecule has 1 aromatic heterocycles. The maximum Gasteiger partial charge on any atom is 0.488 e. The van der Waals surface area contributed by atoms with E-state index < -0.39 is 13.1 Å². The summed E-state index contributed by atoms with van der Waals surface area (Å²) < 4.78 is 17.9. The van der Waals surface area contributed by atoms with E-state index in [4.69, 9.17) is 14.8 Å². The van der Waals surface area contributed by atoms with E-state index in [0.717, 1.165) is 13.1 Å². The molecule has 116 valence electrons. The third kappa shape index (κ3) is 5.11. The van der Waals surface area contributed by atoms with Crippen LogP contribution in [0.15, 0.2) is 48.5 Å². The van der Waals surface area contributed by atoms with Gasteiger partial charge in [-0.2, -0.15) is 4.39 Å². The fraction of sp³-hybridized carbons (Fsp3) is 0.267. The molecule has 1 aliphatic rings. The lowest BCUT2D eigenvalue weighted by molar-refractivity contribution is 0.122. The van der Waals surface area contributed by atoms with Gasteiger partial charge in [0.05, 0.1) is 13.2 Å². The van der Waals surface area contributed by atoms with E-state index in [1.165, 1.54) is 6.07 Å². The Morgan fingerprint density at radius 2 is 1.68 bits per heavy atom. The average Bonchev–Trinajstić information content (AvgIpc) is 2.57. The Kier molecular flexibility index (Phi) is 6.33. The highest BCUT2D eigenvalue weighted by atomic mass is 19.1. The van der Waals surface area contributed by atoms with E-state index in [1.807, 2.05) is 17.0 Å². The minimum atomic E-state index is -1.34. The molecule has 0 saturated carbocycles. The van der Waals surface area contributed by atoms with E-state index in [-0.39, 0.29) is 0 Å². The number of hydrogen-bond acceptors (Lipinski definition) is 5. The van der Waals surface area contributed by atoms with Gasteiger partial charge in [-0.25, -0.2) is 4.98 Å². The zero-order valence-electron chi connectivity index (χ0n) is 12.1. The first-order valence-corrected chi connectivity index (χ1v) is 7.03. The lowest BCUT2D eigenvalue weighted by atomic mass is 9.81. The molecular formula is C15H18BFN2O3. The van der Waals surface area contributed by atoms with Crippen LogP contribution in [0.1, 0.15) is 0 Å². The van der Waals surface area contributed by atoms with Gasteiger partial charge in [-0.3, -0.25) is 0 Å². The van der Waals surface area contributed by atoms with Crippen LogP contribution in [0.25, 0.3) is 0 Å². The normalized spacial score (nSPS) is 14.0. The second kappa shape index (κ2) is 8.48. The molecule has 1 aromatic carbocycles. The number of ether oxygens (including phenoxy) is 1. The quantitative estimate of drug-likeness (QED) is 0.622. The molecule has 2 heterocycles. The predicted molar refractivity (Wildman–Crippen MR) is 83.5 cm³/mol. The van der Waals surface area contributed by atoms with Crippen LogP contribution in [0.3, 0.4) is 0 Å². The van der Waals surface area contributed by atoms with Crippen LogP contribution in [-0.4, -0.2) is 48.5 Å². The van der Waals surface area contributed by atoms with E-state index in [1.54, 1.807) is 30.3 Å². The van der Waals surface area contributed by atoms with Gasteiger partial charge in [0.15, 0.2) is 0 Å². The van der Waals surface area contributed by atoms with Crippen molar-refractivity contribution in [2.24, 2.45) is 0 Å². The highest BCUT2D eigenvalue weighted by Gasteiger charge is 2.12. The van der Waals surface area contributed by atoms with Crippen LogP contribution in [0.5, 0.6) is 0 Å². The smallest absolute Gasteiger partial charge is 0.423 e. The summed E-state index contributed by atoms with van der Waals surface area (Å²) in [7, 11) is -1.34. The van der Waals surface area contributed by atoms with Gasteiger partial charge >= 0.3 is 7.12 Å². The molecule has 22 heavy (non-hydrogen) atoms. The molecule has 7 heteroatoms. The molecule has 2 aromatic rings. The highest BCUT2D eigenvalue weighted by Crippen LogP contribution is 2.12. The number of morpholine rings is 1. The molecule has 0 spiro atoms. The molecule has 0 amide bonds. The summed E-state index contributed by atoms with van der Waals surface area (Å²) in [6.45, 7) is 2.96. The Hall–Kier alpha value is -1.96. The Bertz CT molecular complexity index is 566. The van der Waals surface area contributed by atoms with E-state index in [0.29, 0.717) is 24.5 Å². The maximum atomic E-state index is 12.8. The van der Waals surface area contributed by atoms with Crippen LogP contribution in [-0.2, 0) is 4.74 Å². The van der Waals surface area contributed by atoms with Gasteiger partial charge in [-0.05, 0) is 17.6 Å². The Morgan fingerprint density at radius 3 is 2.23 bits per heavy atom. The third-order valence-corrected chi connectivity index (χ3v) is 3.13. The second-order valence-electron chi connectivity index (χ2n) is 4.70. The van der Waals surface area contributed by atoms with E-state index in [2.05, 4.69) is 4.98 Å². The standard InChI is InChI=1S/C9H11FN2O.C6H7BO2/c10-8-2-1-3-9(11-8)12-4-6-13-7-5-12;8-7(9)6-4-2-1-3-5-6/h1-3H,4-7H2;1-5,8-9H. The fourth-order valence-electron chi connectivity index (χ4n) is 1.99. The average molecular weight is 304 g/mol. The molecule has 0 atom stereocenters. The van der Waals surface area contributed by atoms with Crippen molar-refractivity contribution < 1.29 is 19.2 Å². The molecule has 0 unspecified atom stereocenters. The van der Waals surface area contributed by atoms with Crippen LogP contribution in [0.2, 0.25) is 0 Å². The second-order valence-corrected chi connectivity index (χ2v) is 4.70. The van der Waals surface area contributed by atoms with Crippen LogP contribution in [0.4, 0.5) is 10.2 Å². The topological polar surface area (TPSA) is 65.8 Å². The first-order chi connectivity index (χ1) is 10.7. The summed E-state index contributed by atoms with van der Waals surface area (Å²) in [6.07, 6.45) is 0. The van der Waals surface area contributed by atoms with Crippen molar-refractivity contribution in [3.8, 4) is 0 Å². The minimum Gasteiger partial charge on any atom is -0.423 e. The number of rotatable bonds is 2. The van der Waals surface area contributed by atoms with Crippen molar-refractivity contribution >= 4 is 18.4 Å². The first kappa shape index (κ1) is 16.4. The van der Waals surface area contributed by atoms with Gasteiger partial charge < -0.3 is 19.7 Å². The zero-order chi connectivity index (χ0) is 15.8. The lowest BCUT2D eigenvalue weighted by Crippen LogP contribution is -2.36. The summed E-state index contributed by atoms with van der Waals surface area (Å²) >= 11 is 0. The van der Waals surface area contributed by atoms with Gasteiger partial charge in [0.25, 0.3) is 0 Å². The number of halogens is 1. The number of nitrogens with zero attached hydrogens (tertiary/aromatic N) is 2. The number of pyridine rings is 1. The van der Waals surface area contributed by atoms with Crippen LogP contribution >= 0.6 is 0 Å². The lowest BCUT2D eigenvalue weighted by Gasteiger charge is -2.27. The predicted octanol–water partition coefficient (Wildman–Crippen LogP) is 0.424. The summed E-state index contributed by atoms with van der Waals surface area (Å²) in [5, 5.41) is 17.2. The molecule has 1 saturated heterocycles. The zero-order valence-corrected chi connectivity index (χ0v) is 12.1. The van der Waals surface area contributed by atoms with Crippen molar-refractivity contribution in [1.82, 2.24) is 4.98 Å². The van der Waals surface area contributed by atoms with E-state index in [9.17, 15) is 4.39 Å². The summed E-state index contributed by atoms with van der Waals surface area (Å²) in [4.78, 5) is 5.82. The number of hydrogen-bond donors (Lipinski definition) is 2. The largest absolute Gasteiger partial charge is 0.488 e. The van der Waals surface area contributed by atoms with Crippen molar-refractivity contribution in [1.29, 1.82) is 0 Å². The summed E-state index contributed by atoms with van der Waals surface area (Å²) in [5.41, 5.74) is 0.525. The monoisotopic (exact) mass is 304 g/mol. The van der Waals surface area contributed by atoms with Crippen molar-refractivity contribution in [2.75, 3.05) is 31.2 Å². The van der Waals surface area contributed by atoms with Gasteiger partial charge in [0.2, 0.25) is 5.95 Å². The molecule has 0 aliphatic carbocycles. The molecule has 0 radical (unpaired) electrons. The van der Waals surface area contributed by atoms with Gasteiger partial charge in [-0.15, -0.1) is 0 Å². The minimum absolute atomic E-state index is 0.427. The third-order valence-electron chi connectivity index (χ3n) is 3.13. The Balaban J connectivity index is 0.000000172. The molecule has 1 fully saturated rings. The molecule has 5 nitrogen and oxygen atoms in total. The number of benzene rings is 1. The number of anilines is 1. The van der Waals surface area contributed by atoms with Crippen LogP contribution in [0, 0.1) is 5.95 Å². The molecule has 0 bridgehead atoms. The van der Waals surface area contributed by atoms with Gasteiger partial charge in [-0.1, -0.05) is 36.4 Å². The maximum absolute atomic E-state index is 12.8. The van der Waals surface area contributed by atoms with Crippen LogP contribution < -0.4 is 10.4 Å². The molecular weight excluding hydrogens is 286 g/mol. The molecule has 1 aliphatic heterocycles. The van der Waals surface area contributed by atoms with E-state index >= 15 is 0 Å². The highest BCUT2D eigenvalue weighted by molar-refractivity contribution is 6.58. The SMILES string of the molecule is Fc1cccc(N2CCOCC2)n1.OB(O)c1ccccc1.